The number of hydrogen-bond acceptors (Lipinski definition) is 2. The molecular formula is C15H14INO. The molecule has 0 amide bonds. The molecule has 3 heteroatoms. The van der Waals surface area contributed by atoms with Gasteiger partial charge in [0.25, 0.3) is 0 Å². The third kappa shape index (κ3) is 1.43. The van der Waals surface area contributed by atoms with Crippen molar-refractivity contribution in [2.24, 2.45) is 0 Å². The fourth-order valence-electron chi connectivity index (χ4n) is 2.67. The van der Waals surface area contributed by atoms with Crippen LogP contribution < -0.4 is 0 Å². The third-order valence-electron chi connectivity index (χ3n) is 3.64. The molecule has 0 fully saturated rings. The number of hydrogen-bond donors (Lipinski definition) is 0. The van der Waals surface area contributed by atoms with Gasteiger partial charge in [-0.2, -0.15) is 0 Å². The summed E-state index contributed by atoms with van der Waals surface area (Å²) in [5.41, 5.74) is 5.75. The number of fused-ring (bicyclic) bond motifs is 3. The predicted molar refractivity (Wildman–Crippen MR) is 82.8 cm³/mol. The molecule has 0 radical (unpaired) electrons. The molecule has 1 heterocycles. The highest BCUT2D eigenvalue weighted by Gasteiger charge is 2.37. The first-order valence-electron chi connectivity index (χ1n) is 5.97. The van der Waals surface area contributed by atoms with Crippen LogP contribution in [0, 0.1) is 0 Å². The van der Waals surface area contributed by atoms with Gasteiger partial charge in [0.15, 0.2) is 12.0 Å². The summed E-state index contributed by atoms with van der Waals surface area (Å²) in [6.45, 7) is 6.57. The molecule has 1 aliphatic carbocycles. The van der Waals surface area contributed by atoms with Crippen LogP contribution in [0.2, 0.25) is 0 Å². The first-order chi connectivity index (χ1) is 8.57. The van der Waals surface area contributed by atoms with Crippen molar-refractivity contribution in [3.05, 3.63) is 47.4 Å². The van der Waals surface area contributed by atoms with E-state index in [4.69, 9.17) is 4.42 Å². The van der Waals surface area contributed by atoms with Gasteiger partial charge in [0.05, 0.1) is 0 Å². The molecule has 0 unspecified atom stereocenters. The Hall–Kier alpha value is -1.10. The number of allylic oxidation sites excluding steroid dienone is 3. The summed E-state index contributed by atoms with van der Waals surface area (Å²) in [7, 11) is 0. The standard InChI is InChI=1S/C15H14INO/c1-4-5-10-13(16)12-9(15(10,2)3)6-7-11-14(12)18-8-17-11/h4-8H,1-3H3/b5-4-. The van der Waals surface area contributed by atoms with Crippen LogP contribution in [0.25, 0.3) is 14.7 Å². The third-order valence-corrected chi connectivity index (χ3v) is 4.76. The lowest BCUT2D eigenvalue weighted by Gasteiger charge is -2.22. The van der Waals surface area contributed by atoms with Gasteiger partial charge in [-0.05, 0) is 46.7 Å². The van der Waals surface area contributed by atoms with Crippen molar-refractivity contribution >= 4 is 37.3 Å². The van der Waals surface area contributed by atoms with Crippen LogP contribution in [0.1, 0.15) is 31.9 Å². The predicted octanol–water partition coefficient (Wildman–Crippen LogP) is 4.84. The maximum Gasteiger partial charge on any atom is 0.182 e. The molecular weight excluding hydrogens is 337 g/mol. The van der Waals surface area contributed by atoms with Crippen molar-refractivity contribution in [3.63, 3.8) is 0 Å². The topological polar surface area (TPSA) is 26.0 Å². The number of benzene rings is 1. The fourth-order valence-corrected chi connectivity index (χ4v) is 4.06. The molecule has 92 valence electrons. The summed E-state index contributed by atoms with van der Waals surface area (Å²) in [4.78, 5) is 4.24. The van der Waals surface area contributed by atoms with Gasteiger partial charge < -0.3 is 4.42 Å². The number of rotatable bonds is 1. The second kappa shape index (κ2) is 3.95. The van der Waals surface area contributed by atoms with E-state index in [9.17, 15) is 0 Å². The van der Waals surface area contributed by atoms with Gasteiger partial charge in [-0.1, -0.05) is 32.1 Å². The Bertz CT molecular complexity index is 692. The molecule has 0 atom stereocenters. The molecule has 18 heavy (non-hydrogen) atoms. The van der Waals surface area contributed by atoms with Gasteiger partial charge in [0, 0.05) is 14.6 Å². The smallest absolute Gasteiger partial charge is 0.182 e. The maximum absolute atomic E-state index is 5.58. The lowest BCUT2D eigenvalue weighted by Crippen LogP contribution is -2.15. The SMILES string of the molecule is C/C=C\C1=C(I)c2c(ccc3ncoc23)C1(C)C. The Morgan fingerprint density at radius 3 is 2.83 bits per heavy atom. The molecule has 2 nitrogen and oxygen atoms in total. The molecule has 2 aromatic rings. The second-order valence-corrected chi connectivity index (χ2v) is 6.12. The van der Waals surface area contributed by atoms with E-state index in [0.717, 1.165) is 11.1 Å². The molecule has 0 N–H and O–H groups in total. The zero-order chi connectivity index (χ0) is 12.9. The van der Waals surface area contributed by atoms with E-state index in [-0.39, 0.29) is 5.41 Å². The number of aromatic nitrogens is 1. The van der Waals surface area contributed by atoms with Crippen molar-refractivity contribution in [2.75, 3.05) is 0 Å². The van der Waals surface area contributed by atoms with E-state index in [1.807, 2.05) is 6.07 Å². The van der Waals surface area contributed by atoms with Crippen LogP contribution in [0.5, 0.6) is 0 Å². The number of nitrogens with zero attached hydrogens (tertiary/aromatic N) is 1. The molecule has 1 aromatic heterocycles. The maximum atomic E-state index is 5.58. The van der Waals surface area contributed by atoms with E-state index in [0.29, 0.717) is 0 Å². The van der Waals surface area contributed by atoms with Gasteiger partial charge in [0.2, 0.25) is 0 Å². The number of oxazole rings is 1. The quantitative estimate of drug-likeness (QED) is 0.687. The second-order valence-electron chi connectivity index (χ2n) is 5.04. The van der Waals surface area contributed by atoms with E-state index in [2.05, 4.69) is 66.6 Å². The first-order valence-corrected chi connectivity index (χ1v) is 7.05. The normalized spacial score (nSPS) is 18.0. The van der Waals surface area contributed by atoms with Crippen LogP contribution in [0.15, 0.2) is 40.7 Å². The zero-order valence-electron chi connectivity index (χ0n) is 10.6. The Kier molecular flexibility index (Phi) is 2.62. The van der Waals surface area contributed by atoms with E-state index < -0.39 is 0 Å². The van der Waals surface area contributed by atoms with Crippen LogP contribution in [-0.4, -0.2) is 4.98 Å². The monoisotopic (exact) mass is 351 g/mol. The average molecular weight is 351 g/mol. The zero-order valence-corrected chi connectivity index (χ0v) is 12.8. The molecule has 0 spiro atoms. The summed E-state index contributed by atoms with van der Waals surface area (Å²) < 4.78 is 6.85. The van der Waals surface area contributed by atoms with Crippen LogP contribution in [0.3, 0.4) is 0 Å². The minimum atomic E-state index is 0.0271. The van der Waals surface area contributed by atoms with Crippen LogP contribution >= 0.6 is 22.6 Å². The lowest BCUT2D eigenvalue weighted by atomic mass is 9.81. The number of halogens is 1. The Morgan fingerprint density at radius 1 is 1.33 bits per heavy atom. The van der Waals surface area contributed by atoms with Crippen molar-refractivity contribution in [3.8, 4) is 0 Å². The molecule has 1 aliphatic rings. The van der Waals surface area contributed by atoms with Gasteiger partial charge in [0.1, 0.15) is 5.52 Å². The Labute approximate surface area is 120 Å². The van der Waals surface area contributed by atoms with Crippen molar-refractivity contribution in [2.45, 2.75) is 26.2 Å². The molecule has 0 aliphatic heterocycles. The molecule has 0 saturated heterocycles. The minimum absolute atomic E-state index is 0.0271. The van der Waals surface area contributed by atoms with Crippen LogP contribution in [0.4, 0.5) is 0 Å². The summed E-state index contributed by atoms with van der Waals surface area (Å²) in [5.74, 6) is 0. The lowest BCUT2D eigenvalue weighted by molar-refractivity contribution is 0.598. The van der Waals surface area contributed by atoms with E-state index >= 15 is 0 Å². The van der Waals surface area contributed by atoms with Gasteiger partial charge in [-0.25, -0.2) is 4.98 Å². The molecule has 1 aromatic carbocycles. The van der Waals surface area contributed by atoms with Gasteiger partial charge >= 0.3 is 0 Å². The van der Waals surface area contributed by atoms with E-state index in [1.54, 1.807) is 0 Å². The summed E-state index contributed by atoms with van der Waals surface area (Å²) in [6.07, 6.45) is 5.82. The Balaban J connectivity index is 2.41. The van der Waals surface area contributed by atoms with Crippen molar-refractivity contribution in [1.82, 2.24) is 4.98 Å². The molecule has 0 bridgehead atoms. The van der Waals surface area contributed by atoms with Gasteiger partial charge in [-0.15, -0.1) is 0 Å². The Morgan fingerprint density at radius 2 is 2.11 bits per heavy atom. The van der Waals surface area contributed by atoms with Crippen molar-refractivity contribution in [1.29, 1.82) is 0 Å². The minimum Gasteiger partial charge on any atom is -0.443 e. The summed E-state index contributed by atoms with van der Waals surface area (Å²) in [6, 6.07) is 4.22. The summed E-state index contributed by atoms with van der Waals surface area (Å²) in [5, 5.41) is 0. The highest BCUT2D eigenvalue weighted by atomic mass is 127. The average Bonchev–Trinajstić information content (AvgIpc) is 2.87. The van der Waals surface area contributed by atoms with Gasteiger partial charge in [-0.3, -0.25) is 0 Å². The summed E-state index contributed by atoms with van der Waals surface area (Å²) >= 11 is 2.42. The first kappa shape index (κ1) is 12.0. The molecule has 3 rings (SSSR count). The largest absolute Gasteiger partial charge is 0.443 e. The molecule has 0 saturated carbocycles. The van der Waals surface area contributed by atoms with Crippen molar-refractivity contribution < 1.29 is 4.42 Å². The van der Waals surface area contributed by atoms with E-state index in [1.165, 1.54) is 26.7 Å². The fraction of sp³-hybridized carbons (Fsp3) is 0.267. The highest BCUT2D eigenvalue weighted by molar-refractivity contribution is 14.1. The highest BCUT2D eigenvalue weighted by Crippen LogP contribution is 2.51. The van der Waals surface area contributed by atoms with Crippen LogP contribution in [-0.2, 0) is 5.41 Å².